The summed E-state index contributed by atoms with van der Waals surface area (Å²) in [5, 5.41) is 2.30. The summed E-state index contributed by atoms with van der Waals surface area (Å²) < 4.78 is 1.94. The Hall–Kier alpha value is -2.04. The lowest BCUT2D eigenvalue weighted by Crippen LogP contribution is -2.25. The monoisotopic (exact) mass is 375 g/mol. The van der Waals surface area contributed by atoms with E-state index < -0.39 is 0 Å². The van der Waals surface area contributed by atoms with Crippen LogP contribution in [0.15, 0.2) is 36.7 Å². The SMILES string of the molecule is Cc1cc(Cl)cc(Cl)c1Cc1nccc2c1ccn2CC(=O)N(C)C. The summed E-state index contributed by atoms with van der Waals surface area (Å²) in [6.45, 7) is 2.30. The fourth-order valence-electron chi connectivity index (χ4n) is 2.87. The molecule has 0 fully saturated rings. The Bertz CT molecular complexity index is 924. The maximum atomic E-state index is 12.0. The third-order valence-corrected chi connectivity index (χ3v) is 4.87. The van der Waals surface area contributed by atoms with E-state index in [4.69, 9.17) is 23.2 Å². The summed E-state index contributed by atoms with van der Waals surface area (Å²) >= 11 is 12.4. The van der Waals surface area contributed by atoms with Crippen molar-refractivity contribution in [2.45, 2.75) is 19.9 Å². The van der Waals surface area contributed by atoms with Gasteiger partial charge in [-0.25, -0.2) is 0 Å². The van der Waals surface area contributed by atoms with Gasteiger partial charge in [0.15, 0.2) is 0 Å². The van der Waals surface area contributed by atoms with E-state index in [-0.39, 0.29) is 5.91 Å². The number of aromatic nitrogens is 2. The molecule has 4 nitrogen and oxygen atoms in total. The van der Waals surface area contributed by atoms with Gasteiger partial charge < -0.3 is 9.47 Å². The van der Waals surface area contributed by atoms with Crippen LogP contribution in [0.4, 0.5) is 0 Å². The van der Waals surface area contributed by atoms with Crippen molar-refractivity contribution >= 4 is 40.0 Å². The number of carbonyl (C=O) groups excluding carboxylic acids is 1. The summed E-state index contributed by atoms with van der Waals surface area (Å²) in [5.74, 6) is 0.0486. The van der Waals surface area contributed by atoms with E-state index in [1.54, 1.807) is 31.3 Å². The van der Waals surface area contributed by atoms with Crippen molar-refractivity contribution in [1.29, 1.82) is 0 Å². The molecule has 0 N–H and O–H groups in total. The molecular formula is C19H19Cl2N3O. The van der Waals surface area contributed by atoms with E-state index in [0.29, 0.717) is 23.0 Å². The Morgan fingerprint density at radius 2 is 2.00 bits per heavy atom. The number of amides is 1. The van der Waals surface area contributed by atoms with E-state index in [0.717, 1.165) is 27.7 Å². The fourth-order valence-corrected chi connectivity index (χ4v) is 3.53. The van der Waals surface area contributed by atoms with Crippen LogP contribution in [-0.2, 0) is 17.8 Å². The maximum absolute atomic E-state index is 12.0. The smallest absolute Gasteiger partial charge is 0.241 e. The van der Waals surface area contributed by atoms with Gasteiger partial charge in [0.25, 0.3) is 0 Å². The average Bonchev–Trinajstić information content (AvgIpc) is 2.94. The number of carbonyl (C=O) groups is 1. The number of pyridine rings is 1. The number of halogens is 2. The molecule has 1 aromatic carbocycles. The van der Waals surface area contributed by atoms with Crippen molar-refractivity contribution in [3.05, 3.63) is 63.5 Å². The van der Waals surface area contributed by atoms with Crippen molar-refractivity contribution in [1.82, 2.24) is 14.5 Å². The normalized spacial score (nSPS) is 11.1. The van der Waals surface area contributed by atoms with Gasteiger partial charge in [0.1, 0.15) is 6.54 Å². The quantitative estimate of drug-likeness (QED) is 0.680. The number of fused-ring (bicyclic) bond motifs is 1. The highest BCUT2D eigenvalue weighted by Gasteiger charge is 2.13. The molecule has 6 heteroatoms. The third-order valence-electron chi connectivity index (χ3n) is 4.31. The zero-order chi connectivity index (χ0) is 18.1. The van der Waals surface area contributed by atoms with Crippen molar-refractivity contribution in [3.63, 3.8) is 0 Å². The number of nitrogens with zero attached hydrogens (tertiary/aromatic N) is 3. The first-order chi connectivity index (χ1) is 11.9. The van der Waals surface area contributed by atoms with Gasteiger partial charge >= 0.3 is 0 Å². The van der Waals surface area contributed by atoms with Gasteiger partial charge in [-0.15, -0.1) is 0 Å². The molecule has 0 aliphatic carbocycles. The molecule has 0 spiro atoms. The molecule has 130 valence electrons. The topological polar surface area (TPSA) is 38.1 Å². The molecule has 0 atom stereocenters. The summed E-state index contributed by atoms with van der Waals surface area (Å²) in [6, 6.07) is 7.59. The van der Waals surface area contributed by atoms with Gasteiger partial charge in [-0.05, 0) is 42.3 Å². The second-order valence-electron chi connectivity index (χ2n) is 6.28. The molecule has 2 heterocycles. The molecule has 0 aliphatic heterocycles. The van der Waals surface area contributed by atoms with Crippen LogP contribution in [-0.4, -0.2) is 34.5 Å². The lowest BCUT2D eigenvalue weighted by molar-refractivity contribution is -0.129. The van der Waals surface area contributed by atoms with Crippen LogP contribution in [0, 0.1) is 6.92 Å². The first-order valence-corrected chi connectivity index (χ1v) is 8.70. The fraction of sp³-hybridized carbons (Fsp3) is 0.263. The number of aryl methyl sites for hydroxylation is 1. The first kappa shape index (κ1) is 17.8. The molecule has 0 radical (unpaired) electrons. The van der Waals surface area contributed by atoms with Crippen LogP contribution in [0.3, 0.4) is 0 Å². The summed E-state index contributed by atoms with van der Waals surface area (Å²) in [5.41, 5.74) is 3.98. The molecule has 0 bridgehead atoms. The van der Waals surface area contributed by atoms with Gasteiger partial charge in [-0.3, -0.25) is 9.78 Å². The van der Waals surface area contributed by atoms with Gasteiger partial charge in [0.2, 0.25) is 5.91 Å². The Balaban J connectivity index is 1.99. The van der Waals surface area contributed by atoms with Crippen molar-refractivity contribution < 1.29 is 4.79 Å². The second-order valence-corrected chi connectivity index (χ2v) is 7.13. The molecular weight excluding hydrogens is 357 g/mol. The Labute approximate surface area is 157 Å². The Morgan fingerprint density at radius 3 is 2.68 bits per heavy atom. The van der Waals surface area contributed by atoms with E-state index in [2.05, 4.69) is 4.98 Å². The molecule has 3 aromatic rings. The van der Waals surface area contributed by atoms with Crippen LogP contribution in [0.5, 0.6) is 0 Å². The Kier molecular flexibility index (Phi) is 5.02. The van der Waals surface area contributed by atoms with Crippen LogP contribution in [0.1, 0.15) is 16.8 Å². The summed E-state index contributed by atoms with van der Waals surface area (Å²) in [6.07, 6.45) is 4.31. The number of hydrogen-bond donors (Lipinski definition) is 0. The minimum Gasteiger partial charge on any atom is -0.347 e. The number of likely N-dealkylation sites (N-methyl/N-ethyl adjacent to an activating group) is 1. The molecule has 25 heavy (non-hydrogen) atoms. The first-order valence-electron chi connectivity index (χ1n) is 7.94. The molecule has 1 amide bonds. The van der Waals surface area contributed by atoms with E-state index in [1.165, 1.54) is 0 Å². The predicted molar refractivity (Wildman–Crippen MR) is 102 cm³/mol. The van der Waals surface area contributed by atoms with Crippen LogP contribution >= 0.6 is 23.2 Å². The summed E-state index contributed by atoms with van der Waals surface area (Å²) in [7, 11) is 3.51. The maximum Gasteiger partial charge on any atom is 0.241 e. The lowest BCUT2D eigenvalue weighted by Gasteiger charge is -2.12. The van der Waals surface area contributed by atoms with Crippen molar-refractivity contribution in [2.24, 2.45) is 0 Å². The van der Waals surface area contributed by atoms with E-state index in [1.807, 2.05) is 35.9 Å². The van der Waals surface area contributed by atoms with Crippen LogP contribution in [0.2, 0.25) is 10.0 Å². The lowest BCUT2D eigenvalue weighted by atomic mass is 10.0. The molecule has 0 unspecified atom stereocenters. The van der Waals surface area contributed by atoms with Crippen molar-refractivity contribution in [3.8, 4) is 0 Å². The predicted octanol–water partition coefficient (Wildman–Crippen LogP) is 4.33. The van der Waals surface area contributed by atoms with Gasteiger partial charge in [-0.2, -0.15) is 0 Å². The van der Waals surface area contributed by atoms with Gasteiger partial charge in [0.05, 0.1) is 11.2 Å². The van der Waals surface area contributed by atoms with E-state index >= 15 is 0 Å². The van der Waals surface area contributed by atoms with Gasteiger partial charge in [0, 0.05) is 48.3 Å². The largest absolute Gasteiger partial charge is 0.347 e. The molecule has 2 aromatic heterocycles. The minimum atomic E-state index is 0.0486. The van der Waals surface area contributed by atoms with Crippen LogP contribution < -0.4 is 0 Å². The second kappa shape index (κ2) is 7.06. The standard InChI is InChI=1S/C19H19Cl2N3O/c1-12-8-13(20)9-16(21)15(12)10-17-14-5-7-24(11-19(25)23(2)3)18(14)4-6-22-17/h4-9H,10-11H2,1-3H3. The van der Waals surface area contributed by atoms with E-state index in [9.17, 15) is 4.79 Å². The van der Waals surface area contributed by atoms with Gasteiger partial charge in [-0.1, -0.05) is 23.2 Å². The highest BCUT2D eigenvalue weighted by atomic mass is 35.5. The molecule has 0 saturated heterocycles. The minimum absolute atomic E-state index is 0.0486. The highest BCUT2D eigenvalue weighted by Crippen LogP contribution is 2.29. The van der Waals surface area contributed by atoms with Crippen LogP contribution in [0.25, 0.3) is 10.9 Å². The average molecular weight is 376 g/mol. The number of benzene rings is 1. The Morgan fingerprint density at radius 1 is 1.24 bits per heavy atom. The molecule has 0 saturated carbocycles. The number of hydrogen-bond acceptors (Lipinski definition) is 2. The zero-order valence-corrected chi connectivity index (χ0v) is 15.9. The summed E-state index contributed by atoms with van der Waals surface area (Å²) in [4.78, 5) is 18.1. The molecule has 3 rings (SSSR count). The highest BCUT2D eigenvalue weighted by molar-refractivity contribution is 6.35. The van der Waals surface area contributed by atoms with Crippen molar-refractivity contribution in [2.75, 3.05) is 14.1 Å². The zero-order valence-electron chi connectivity index (χ0n) is 14.4. The molecule has 0 aliphatic rings. The third kappa shape index (κ3) is 3.65. The number of rotatable bonds is 4.